The van der Waals surface area contributed by atoms with Crippen molar-refractivity contribution in [1.29, 1.82) is 0 Å². The van der Waals surface area contributed by atoms with Crippen LogP contribution < -0.4 is 10.5 Å². The van der Waals surface area contributed by atoms with Crippen LogP contribution in [0.15, 0.2) is 77.4 Å². The van der Waals surface area contributed by atoms with Gasteiger partial charge in [0.2, 0.25) is 5.91 Å². The van der Waals surface area contributed by atoms with E-state index in [-0.39, 0.29) is 24.4 Å². The predicted molar refractivity (Wildman–Crippen MR) is 116 cm³/mol. The molecule has 2 N–H and O–H groups in total. The number of carbonyl (C=O) groups is 1. The van der Waals surface area contributed by atoms with Gasteiger partial charge in [-0.15, -0.1) is 12.4 Å². The Morgan fingerprint density at radius 1 is 1.07 bits per heavy atom. The van der Waals surface area contributed by atoms with Gasteiger partial charge in [-0.2, -0.15) is 0 Å². The van der Waals surface area contributed by atoms with Gasteiger partial charge >= 0.3 is 0 Å². The molecule has 0 radical (unpaired) electrons. The molecule has 154 valence electrons. The van der Waals surface area contributed by atoms with Crippen LogP contribution >= 0.6 is 12.4 Å². The van der Waals surface area contributed by atoms with E-state index >= 15 is 0 Å². The summed E-state index contributed by atoms with van der Waals surface area (Å²) in [5.41, 5.74) is 7.80. The number of benzene rings is 2. The molecule has 1 amide bonds. The van der Waals surface area contributed by atoms with E-state index in [1.165, 1.54) is 0 Å². The van der Waals surface area contributed by atoms with E-state index in [0.29, 0.717) is 19.7 Å². The first-order chi connectivity index (χ1) is 13.6. The van der Waals surface area contributed by atoms with Gasteiger partial charge in [0.25, 0.3) is 0 Å². The van der Waals surface area contributed by atoms with Crippen LogP contribution in [-0.4, -0.2) is 23.4 Å². The highest BCUT2D eigenvalue weighted by Crippen LogP contribution is 2.17. The Kier molecular flexibility index (Phi) is 8.77. The number of nitrogens with two attached hydrogens (primary N) is 1. The highest BCUT2D eigenvalue weighted by atomic mass is 35.5. The second-order valence-corrected chi connectivity index (χ2v) is 6.80. The van der Waals surface area contributed by atoms with Gasteiger partial charge in [0.15, 0.2) is 0 Å². The van der Waals surface area contributed by atoms with E-state index in [4.69, 9.17) is 14.9 Å². The summed E-state index contributed by atoms with van der Waals surface area (Å²) in [6.45, 7) is 3.59. The predicted octanol–water partition coefficient (Wildman–Crippen LogP) is 4.20. The maximum Gasteiger partial charge on any atom is 0.234 e. The van der Waals surface area contributed by atoms with Gasteiger partial charge in [-0.25, -0.2) is 0 Å². The highest BCUT2D eigenvalue weighted by molar-refractivity contribution is 5.85. The quantitative estimate of drug-likeness (QED) is 0.539. The molecule has 0 spiro atoms. The number of halogens is 1. The molecule has 1 unspecified atom stereocenters. The molecule has 1 heterocycles. The van der Waals surface area contributed by atoms with Crippen molar-refractivity contribution in [3.63, 3.8) is 0 Å². The minimum absolute atomic E-state index is 0. The van der Waals surface area contributed by atoms with Crippen molar-refractivity contribution in [2.45, 2.75) is 32.5 Å². The highest BCUT2D eigenvalue weighted by Gasteiger charge is 2.20. The average molecular weight is 415 g/mol. The number of nitrogens with zero attached hydrogens (tertiary/aromatic N) is 1. The monoisotopic (exact) mass is 414 g/mol. The molecule has 3 aromatic rings. The normalized spacial score (nSPS) is 11.7. The fourth-order valence-corrected chi connectivity index (χ4v) is 3.00. The summed E-state index contributed by atoms with van der Waals surface area (Å²) < 4.78 is 11.3. The number of rotatable bonds is 10. The van der Waals surface area contributed by atoms with Crippen LogP contribution in [0.4, 0.5) is 0 Å². The van der Waals surface area contributed by atoms with Crippen molar-refractivity contribution < 1.29 is 13.9 Å². The molecule has 0 aliphatic rings. The van der Waals surface area contributed by atoms with Crippen molar-refractivity contribution in [2.24, 2.45) is 5.73 Å². The third-order valence-corrected chi connectivity index (χ3v) is 4.73. The Morgan fingerprint density at radius 3 is 2.52 bits per heavy atom. The maximum atomic E-state index is 11.7. The van der Waals surface area contributed by atoms with Gasteiger partial charge in [0.1, 0.15) is 18.1 Å². The van der Waals surface area contributed by atoms with E-state index in [2.05, 4.69) is 6.07 Å². The third kappa shape index (κ3) is 6.97. The minimum Gasteiger partial charge on any atom is -0.489 e. The lowest BCUT2D eigenvalue weighted by molar-refractivity contribution is -0.122. The first-order valence-corrected chi connectivity index (χ1v) is 9.43. The zero-order valence-corrected chi connectivity index (χ0v) is 17.3. The molecular formula is C23H27ClN2O3. The summed E-state index contributed by atoms with van der Waals surface area (Å²) in [5.74, 6) is 1.31. The first kappa shape index (κ1) is 22.5. The van der Waals surface area contributed by atoms with Crippen LogP contribution in [0.3, 0.4) is 0 Å². The molecule has 1 aromatic heterocycles. The lowest BCUT2D eigenvalue weighted by Crippen LogP contribution is -2.43. The molecule has 5 nitrogen and oxygen atoms in total. The van der Waals surface area contributed by atoms with Gasteiger partial charge < -0.3 is 14.9 Å². The summed E-state index contributed by atoms with van der Waals surface area (Å²) in [6, 6.07) is 21.5. The summed E-state index contributed by atoms with van der Waals surface area (Å²) >= 11 is 0. The molecule has 6 heteroatoms. The van der Waals surface area contributed by atoms with Crippen LogP contribution in [0.25, 0.3) is 0 Å². The number of ether oxygens (including phenoxy) is 1. The molecule has 0 aliphatic heterocycles. The lowest BCUT2D eigenvalue weighted by Gasteiger charge is -2.26. The molecule has 1 atom stereocenters. The molecule has 0 saturated heterocycles. The summed E-state index contributed by atoms with van der Waals surface area (Å²) in [5, 5.41) is 0. The first-order valence-electron chi connectivity index (χ1n) is 9.43. The number of primary amides is 1. The Hall–Kier alpha value is -2.76. The number of hydrogen-bond acceptors (Lipinski definition) is 4. The number of furan rings is 1. The van der Waals surface area contributed by atoms with Crippen LogP contribution in [-0.2, 0) is 24.4 Å². The molecule has 2 aromatic carbocycles. The fourth-order valence-electron chi connectivity index (χ4n) is 3.00. The Morgan fingerprint density at radius 2 is 1.83 bits per heavy atom. The Balaban J connectivity index is 0.00000300. The fraction of sp³-hybridized carbons (Fsp3) is 0.261. The van der Waals surface area contributed by atoms with Gasteiger partial charge in [-0.3, -0.25) is 9.69 Å². The van der Waals surface area contributed by atoms with Crippen molar-refractivity contribution in [2.75, 3.05) is 6.54 Å². The summed E-state index contributed by atoms with van der Waals surface area (Å²) in [4.78, 5) is 13.7. The third-order valence-electron chi connectivity index (χ3n) is 4.73. The average Bonchev–Trinajstić information content (AvgIpc) is 3.23. The number of carbonyl (C=O) groups excluding carboxylic acids is 1. The summed E-state index contributed by atoms with van der Waals surface area (Å²) in [6.07, 6.45) is 2.41. The van der Waals surface area contributed by atoms with E-state index in [1.807, 2.05) is 72.5 Å². The molecule has 29 heavy (non-hydrogen) atoms. The molecule has 0 aliphatic carbocycles. The maximum absolute atomic E-state index is 11.7. The van der Waals surface area contributed by atoms with Gasteiger partial charge in [0.05, 0.1) is 18.8 Å². The minimum atomic E-state index is -0.373. The molecule has 0 bridgehead atoms. The second kappa shape index (κ2) is 11.3. The van der Waals surface area contributed by atoms with Crippen molar-refractivity contribution in [3.05, 3.63) is 89.9 Å². The molecule has 3 rings (SSSR count). The molecule has 0 saturated carbocycles. The topological polar surface area (TPSA) is 68.7 Å². The van der Waals surface area contributed by atoms with E-state index in [9.17, 15) is 4.79 Å². The Bertz CT molecular complexity index is 869. The standard InChI is InChI=1S/C23H26N2O3.ClH/c1-18(23(24)26)25(16-22-11-6-14-27-22)13-12-19-9-5-10-21(15-19)28-17-20-7-3-2-4-8-20;/h2-11,14-15,18H,12-13,16-17H2,1H3,(H2,24,26);1H. The zero-order chi connectivity index (χ0) is 19.8. The van der Waals surface area contributed by atoms with Gasteiger partial charge in [-0.05, 0) is 48.7 Å². The largest absolute Gasteiger partial charge is 0.489 e. The van der Waals surface area contributed by atoms with E-state index in [0.717, 1.165) is 29.1 Å². The number of hydrogen-bond donors (Lipinski definition) is 1. The van der Waals surface area contributed by atoms with Gasteiger partial charge in [-0.1, -0.05) is 42.5 Å². The van der Waals surface area contributed by atoms with Crippen molar-refractivity contribution in [1.82, 2.24) is 4.90 Å². The zero-order valence-electron chi connectivity index (χ0n) is 16.5. The van der Waals surface area contributed by atoms with Crippen LogP contribution in [0, 0.1) is 0 Å². The van der Waals surface area contributed by atoms with Crippen molar-refractivity contribution in [3.8, 4) is 5.75 Å². The van der Waals surface area contributed by atoms with Crippen molar-refractivity contribution >= 4 is 18.3 Å². The van der Waals surface area contributed by atoms with Crippen LogP contribution in [0.1, 0.15) is 23.8 Å². The summed E-state index contributed by atoms with van der Waals surface area (Å²) in [7, 11) is 0. The lowest BCUT2D eigenvalue weighted by atomic mass is 10.1. The molecular weight excluding hydrogens is 388 g/mol. The van der Waals surface area contributed by atoms with Gasteiger partial charge in [0, 0.05) is 6.54 Å². The van der Waals surface area contributed by atoms with Crippen LogP contribution in [0.2, 0.25) is 0 Å². The van der Waals surface area contributed by atoms with Crippen LogP contribution in [0.5, 0.6) is 5.75 Å². The van der Waals surface area contributed by atoms with E-state index in [1.54, 1.807) is 6.26 Å². The SMILES string of the molecule is CC(C(N)=O)N(CCc1cccc(OCc2ccccc2)c1)Cc1ccco1.Cl. The Labute approximate surface area is 177 Å². The van der Waals surface area contributed by atoms with E-state index < -0.39 is 0 Å². The smallest absolute Gasteiger partial charge is 0.234 e. The second-order valence-electron chi connectivity index (χ2n) is 6.80. The molecule has 0 fully saturated rings. The number of amides is 1.